The topological polar surface area (TPSA) is 50.5 Å². The fourth-order valence-electron chi connectivity index (χ4n) is 1.87. The van der Waals surface area contributed by atoms with Gasteiger partial charge in [-0.1, -0.05) is 13.3 Å². The first-order chi connectivity index (χ1) is 8.63. The van der Waals surface area contributed by atoms with E-state index in [0.29, 0.717) is 11.3 Å². The van der Waals surface area contributed by atoms with Crippen LogP contribution in [0.25, 0.3) is 5.65 Å². The highest BCUT2D eigenvalue weighted by molar-refractivity contribution is 5.92. The summed E-state index contributed by atoms with van der Waals surface area (Å²) in [6, 6.07) is 3.58. The van der Waals surface area contributed by atoms with Crippen molar-refractivity contribution in [1.82, 2.24) is 19.5 Å². The molecule has 0 fully saturated rings. The second-order valence-electron chi connectivity index (χ2n) is 4.46. The molecule has 1 amide bonds. The average Bonchev–Trinajstić information content (AvgIpc) is 2.83. The largest absolute Gasteiger partial charge is 0.340 e. The summed E-state index contributed by atoms with van der Waals surface area (Å²) in [7, 11) is 1.82. The van der Waals surface area contributed by atoms with Gasteiger partial charge in [0.15, 0.2) is 5.65 Å². The van der Waals surface area contributed by atoms with Crippen LogP contribution in [0.15, 0.2) is 18.3 Å². The van der Waals surface area contributed by atoms with Crippen molar-refractivity contribution >= 4 is 11.6 Å². The van der Waals surface area contributed by atoms with E-state index in [1.54, 1.807) is 27.7 Å². The Balaban J connectivity index is 2.27. The Morgan fingerprint density at radius 2 is 2.28 bits per heavy atom. The summed E-state index contributed by atoms with van der Waals surface area (Å²) in [4.78, 5) is 18.3. The second kappa shape index (κ2) is 5.16. The van der Waals surface area contributed by atoms with Crippen LogP contribution < -0.4 is 0 Å². The van der Waals surface area contributed by atoms with Gasteiger partial charge >= 0.3 is 0 Å². The third-order valence-electron chi connectivity index (χ3n) is 2.95. The van der Waals surface area contributed by atoms with E-state index < -0.39 is 0 Å². The molecule has 0 radical (unpaired) electrons. The number of amides is 1. The van der Waals surface area contributed by atoms with E-state index in [1.165, 1.54) is 0 Å². The van der Waals surface area contributed by atoms with Gasteiger partial charge in [0.1, 0.15) is 5.69 Å². The number of hydrogen-bond donors (Lipinski definition) is 0. The summed E-state index contributed by atoms with van der Waals surface area (Å²) >= 11 is 0. The number of rotatable bonds is 4. The summed E-state index contributed by atoms with van der Waals surface area (Å²) in [5.41, 5.74) is 2.11. The van der Waals surface area contributed by atoms with Crippen molar-refractivity contribution in [3.05, 3.63) is 29.7 Å². The van der Waals surface area contributed by atoms with Crippen LogP contribution in [0, 0.1) is 6.92 Å². The predicted molar refractivity (Wildman–Crippen MR) is 69.6 cm³/mol. The van der Waals surface area contributed by atoms with Gasteiger partial charge in [-0.3, -0.25) is 4.79 Å². The SMILES string of the molecule is CCCCN(C)C(=O)c1cc(C)n2nccc2n1. The van der Waals surface area contributed by atoms with Gasteiger partial charge in [-0.15, -0.1) is 0 Å². The summed E-state index contributed by atoms with van der Waals surface area (Å²) in [6.07, 6.45) is 3.77. The fourth-order valence-corrected chi connectivity index (χ4v) is 1.87. The van der Waals surface area contributed by atoms with Gasteiger partial charge in [-0.05, 0) is 19.4 Å². The monoisotopic (exact) mass is 246 g/mol. The molecular formula is C13H18N4O. The minimum absolute atomic E-state index is 0.0322. The van der Waals surface area contributed by atoms with Crippen molar-refractivity contribution in [2.45, 2.75) is 26.7 Å². The lowest BCUT2D eigenvalue weighted by atomic mass is 10.2. The Kier molecular flexibility index (Phi) is 3.60. The van der Waals surface area contributed by atoms with Crippen LogP contribution in [-0.2, 0) is 0 Å². The maximum Gasteiger partial charge on any atom is 0.272 e. The zero-order valence-corrected chi connectivity index (χ0v) is 11.1. The number of aryl methyl sites for hydroxylation is 1. The molecule has 2 heterocycles. The van der Waals surface area contributed by atoms with E-state index in [9.17, 15) is 4.79 Å². The summed E-state index contributed by atoms with van der Waals surface area (Å²) in [6.45, 7) is 4.80. The zero-order valence-electron chi connectivity index (χ0n) is 11.1. The van der Waals surface area contributed by atoms with Crippen molar-refractivity contribution in [1.29, 1.82) is 0 Å². The third-order valence-corrected chi connectivity index (χ3v) is 2.95. The number of fused-ring (bicyclic) bond motifs is 1. The molecule has 0 N–H and O–H groups in total. The standard InChI is InChI=1S/C13H18N4O/c1-4-5-8-16(3)13(18)11-9-10(2)17-12(15-11)6-7-14-17/h6-7,9H,4-5,8H2,1-3H3. The first-order valence-corrected chi connectivity index (χ1v) is 6.20. The van der Waals surface area contributed by atoms with E-state index in [1.807, 2.05) is 14.0 Å². The van der Waals surface area contributed by atoms with E-state index >= 15 is 0 Å². The molecule has 2 aromatic rings. The molecule has 0 aliphatic carbocycles. The van der Waals surface area contributed by atoms with Crippen LogP contribution in [0.5, 0.6) is 0 Å². The van der Waals surface area contributed by atoms with Crippen LogP contribution in [0.1, 0.15) is 35.9 Å². The van der Waals surface area contributed by atoms with Crippen LogP contribution in [-0.4, -0.2) is 39.0 Å². The van der Waals surface area contributed by atoms with Crippen molar-refractivity contribution in [2.75, 3.05) is 13.6 Å². The Labute approximate surface area is 106 Å². The van der Waals surface area contributed by atoms with Gasteiger partial charge in [0.2, 0.25) is 0 Å². The van der Waals surface area contributed by atoms with E-state index in [0.717, 1.165) is 25.1 Å². The molecule has 0 unspecified atom stereocenters. The Bertz CT molecular complexity index is 561. The second-order valence-corrected chi connectivity index (χ2v) is 4.46. The normalized spacial score (nSPS) is 10.8. The predicted octanol–water partition coefficient (Wildman–Crippen LogP) is 1.91. The van der Waals surface area contributed by atoms with Crippen LogP contribution in [0.4, 0.5) is 0 Å². The maximum atomic E-state index is 12.2. The molecule has 5 nitrogen and oxygen atoms in total. The first-order valence-electron chi connectivity index (χ1n) is 6.20. The molecule has 0 aliphatic heterocycles. The molecule has 5 heteroatoms. The van der Waals surface area contributed by atoms with Crippen molar-refractivity contribution in [3.8, 4) is 0 Å². The van der Waals surface area contributed by atoms with E-state index in [4.69, 9.17) is 0 Å². The molecule has 0 bridgehead atoms. The average molecular weight is 246 g/mol. The molecule has 96 valence electrons. The zero-order chi connectivity index (χ0) is 13.1. The number of aromatic nitrogens is 3. The smallest absolute Gasteiger partial charge is 0.272 e. The Morgan fingerprint density at radius 3 is 3.00 bits per heavy atom. The lowest BCUT2D eigenvalue weighted by Crippen LogP contribution is -2.28. The molecular weight excluding hydrogens is 228 g/mol. The Hall–Kier alpha value is -1.91. The van der Waals surface area contributed by atoms with Crippen molar-refractivity contribution in [2.24, 2.45) is 0 Å². The number of unbranched alkanes of at least 4 members (excludes halogenated alkanes) is 1. The van der Waals surface area contributed by atoms with Crippen molar-refractivity contribution in [3.63, 3.8) is 0 Å². The number of carbonyl (C=O) groups excluding carboxylic acids is 1. The Morgan fingerprint density at radius 1 is 1.50 bits per heavy atom. The summed E-state index contributed by atoms with van der Waals surface area (Å²) in [5.74, 6) is -0.0322. The third kappa shape index (κ3) is 2.34. The molecule has 0 spiro atoms. The van der Waals surface area contributed by atoms with Gasteiger partial charge in [0.05, 0.1) is 6.20 Å². The summed E-state index contributed by atoms with van der Waals surface area (Å²) in [5, 5.41) is 4.14. The lowest BCUT2D eigenvalue weighted by Gasteiger charge is -2.16. The van der Waals surface area contributed by atoms with Gasteiger partial charge < -0.3 is 4.90 Å². The van der Waals surface area contributed by atoms with Gasteiger partial charge in [-0.25, -0.2) is 9.50 Å². The molecule has 0 saturated heterocycles. The van der Waals surface area contributed by atoms with Gasteiger partial charge in [0.25, 0.3) is 5.91 Å². The highest BCUT2D eigenvalue weighted by Crippen LogP contribution is 2.08. The summed E-state index contributed by atoms with van der Waals surface area (Å²) < 4.78 is 1.73. The van der Waals surface area contributed by atoms with E-state index in [-0.39, 0.29) is 5.91 Å². The van der Waals surface area contributed by atoms with Crippen LogP contribution in [0.2, 0.25) is 0 Å². The lowest BCUT2D eigenvalue weighted by molar-refractivity contribution is 0.0787. The highest BCUT2D eigenvalue weighted by Gasteiger charge is 2.14. The quantitative estimate of drug-likeness (QED) is 0.828. The molecule has 0 aliphatic rings. The molecule has 0 atom stereocenters. The minimum Gasteiger partial charge on any atom is -0.340 e. The number of nitrogens with zero attached hydrogens (tertiary/aromatic N) is 4. The van der Waals surface area contributed by atoms with E-state index in [2.05, 4.69) is 17.0 Å². The molecule has 2 rings (SSSR count). The van der Waals surface area contributed by atoms with Gasteiger partial charge in [0, 0.05) is 25.4 Å². The highest BCUT2D eigenvalue weighted by atomic mass is 16.2. The fraction of sp³-hybridized carbons (Fsp3) is 0.462. The molecule has 18 heavy (non-hydrogen) atoms. The maximum absolute atomic E-state index is 12.2. The number of hydrogen-bond acceptors (Lipinski definition) is 3. The first kappa shape index (κ1) is 12.5. The van der Waals surface area contributed by atoms with Crippen LogP contribution in [0.3, 0.4) is 0 Å². The van der Waals surface area contributed by atoms with Crippen LogP contribution >= 0.6 is 0 Å². The molecule has 0 saturated carbocycles. The van der Waals surface area contributed by atoms with Gasteiger partial charge in [-0.2, -0.15) is 5.10 Å². The van der Waals surface area contributed by atoms with Crippen molar-refractivity contribution < 1.29 is 4.79 Å². The minimum atomic E-state index is -0.0322. The molecule has 2 aromatic heterocycles. The molecule has 0 aromatic carbocycles. The number of carbonyl (C=O) groups is 1.